The predicted octanol–water partition coefficient (Wildman–Crippen LogP) is 2.77. The Morgan fingerprint density at radius 3 is 2.21 bits per heavy atom. The minimum absolute atomic E-state index is 0.0706. The van der Waals surface area contributed by atoms with Crippen LogP contribution >= 0.6 is 28.1 Å². The van der Waals surface area contributed by atoms with E-state index in [1.54, 1.807) is 13.8 Å². The van der Waals surface area contributed by atoms with E-state index in [1.165, 1.54) is 0 Å². The lowest BCUT2D eigenvalue weighted by atomic mass is 10.0. The van der Waals surface area contributed by atoms with Crippen molar-refractivity contribution in [3.63, 3.8) is 0 Å². The lowest BCUT2D eigenvalue weighted by molar-refractivity contribution is 0.0931. The Morgan fingerprint density at radius 2 is 1.84 bits per heavy atom. The maximum atomic E-state index is 13.6. The summed E-state index contributed by atoms with van der Waals surface area (Å²) in [4.78, 5) is 12.0. The van der Waals surface area contributed by atoms with Crippen molar-refractivity contribution in [1.82, 2.24) is 5.32 Å². The van der Waals surface area contributed by atoms with Gasteiger partial charge in [0.2, 0.25) is 0 Å². The third-order valence-electron chi connectivity index (χ3n) is 2.49. The van der Waals surface area contributed by atoms with Crippen LogP contribution in [0.3, 0.4) is 0 Å². The number of amides is 1. The van der Waals surface area contributed by atoms with Gasteiger partial charge in [0.05, 0.1) is 11.0 Å². The lowest BCUT2D eigenvalue weighted by Gasteiger charge is -2.21. The number of hydrogen-bond donors (Lipinski definition) is 2. The second-order valence-corrected chi connectivity index (χ2v) is 5.73. The van der Waals surface area contributed by atoms with E-state index in [-0.39, 0.29) is 15.4 Å². The van der Waals surface area contributed by atoms with Crippen molar-refractivity contribution in [3.8, 4) is 0 Å². The average Bonchev–Trinajstić information content (AvgIpc) is 2.23. The molecule has 0 radical (unpaired) electrons. The highest BCUT2D eigenvalue weighted by Crippen LogP contribution is 2.19. The summed E-state index contributed by atoms with van der Waals surface area (Å²) in [7, 11) is 0. The molecule has 3 nitrogen and oxygen atoms in total. The Hall–Kier alpha value is -1.08. The zero-order valence-corrected chi connectivity index (χ0v) is 12.7. The van der Waals surface area contributed by atoms with Crippen LogP contribution in [-0.2, 0) is 0 Å². The largest absolute Gasteiger partial charge is 0.392 e. The van der Waals surface area contributed by atoms with Gasteiger partial charge in [-0.3, -0.25) is 4.79 Å². The highest BCUT2D eigenvalue weighted by molar-refractivity contribution is 9.10. The topological polar surface area (TPSA) is 55.1 Å². The van der Waals surface area contributed by atoms with Crippen LogP contribution in [0.5, 0.6) is 0 Å². The Labute approximate surface area is 123 Å². The Balaban J connectivity index is 3.05. The van der Waals surface area contributed by atoms with Crippen molar-refractivity contribution < 1.29 is 13.6 Å². The monoisotopic (exact) mass is 350 g/mol. The summed E-state index contributed by atoms with van der Waals surface area (Å²) in [5.74, 6) is -2.86. The van der Waals surface area contributed by atoms with Gasteiger partial charge in [-0.25, -0.2) is 8.78 Å². The molecule has 0 fully saturated rings. The first kappa shape index (κ1) is 16.0. The lowest BCUT2D eigenvalue weighted by Crippen LogP contribution is -2.47. The molecule has 1 aromatic rings. The Morgan fingerprint density at radius 1 is 1.37 bits per heavy atom. The van der Waals surface area contributed by atoms with Crippen LogP contribution in [-0.4, -0.2) is 16.9 Å². The molecule has 0 aliphatic carbocycles. The van der Waals surface area contributed by atoms with Crippen LogP contribution in [0.25, 0.3) is 0 Å². The van der Waals surface area contributed by atoms with Gasteiger partial charge < -0.3 is 11.1 Å². The molecule has 1 unspecified atom stereocenters. The van der Waals surface area contributed by atoms with E-state index in [2.05, 4.69) is 21.2 Å². The second kappa shape index (κ2) is 6.38. The van der Waals surface area contributed by atoms with Gasteiger partial charge in [0.15, 0.2) is 0 Å². The molecule has 104 valence electrons. The van der Waals surface area contributed by atoms with E-state index in [0.717, 1.165) is 12.1 Å². The summed E-state index contributed by atoms with van der Waals surface area (Å²) in [6.07, 6.45) is 0. The average molecular weight is 351 g/mol. The first-order valence-electron chi connectivity index (χ1n) is 5.48. The van der Waals surface area contributed by atoms with Gasteiger partial charge in [0.1, 0.15) is 17.2 Å². The molecule has 7 heteroatoms. The van der Waals surface area contributed by atoms with Gasteiger partial charge in [-0.15, -0.1) is 0 Å². The smallest absolute Gasteiger partial charge is 0.257 e. The summed E-state index contributed by atoms with van der Waals surface area (Å²) < 4.78 is 27.5. The molecule has 0 bridgehead atoms. The molecular weight excluding hydrogens is 338 g/mol. The van der Waals surface area contributed by atoms with Crippen molar-refractivity contribution in [1.29, 1.82) is 0 Å². The molecule has 1 aromatic carbocycles. The highest BCUT2D eigenvalue weighted by Gasteiger charge is 2.24. The summed E-state index contributed by atoms with van der Waals surface area (Å²) in [6, 6.07) is 1.41. The molecule has 0 aliphatic rings. The molecule has 1 amide bonds. The van der Waals surface area contributed by atoms with Gasteiger partial charge in [0, 0.05) is 4.47 Å². The van der Waals surface area contributed by atoms with Crippen LogP contribution < -0.4 is 11.1 Å². The van der Waals surface area contributed by atoms with Gasteiger partial charge in [-0.05, 0) is 18.1 Å². The third-order valence-corrected chi connectivity index (χ3v) is 3.21. The molecule has 19 heavy (non-hydrogen) atoms. The van der Waals surface area contributed by atoms with E-state index in [9.17, 15) is 13.6 Å². The third kappa shape index (κ3) is 3.94. The molecule has 0 heterocycles. The predicted molar refractivity (Wildman–Crippen MR) is 76.9 cm³/mol. The first-order valence-corrected chi connectivity index (χ1v) is 6.69. The summed E-state index contributed by atoms with van der Waals surface area (Å²) in [6.45, 7) is 3.58. The molecule has 0 saturated heterocycles. The van der Waals surface area contributed by atoms with Crippen LogP contribution in [0.4, 0.5) is 8.78 Å². The summed E-state index contributed by atoms with van der Waals surface area (Å²) in [5.41, 5.74) is 4.84. The highest BCUT2D eigenvalue weighted by atomic mass is 79.9. The van der Waals surface area contributed by atoms with E-state index in [4.69, 9.17) is 18.0 Å². The summed E-state index contributed by atoms with van der Waals surface area (Å²) in [5, 5.41) is 2.43. The number of thiocarbonyl (C=S) groups is 1. The van der Waals surface area contributed by atoms with E-state index in [1.807, 2.05) is 0 Å². The van der Waals surface area contributed by atoms with Gasteiger partial charge in [0.25, 0.3) is 5.91 Å². The van der Waals surface area contributed by atoms with Crippen LogP contribution in [0, 0.1) is 17.6 Å². The number of halogens is 3. The molecule has 0 aromatic heterocycles. The maximum absolute atomic E-state index is 13.6. The molecule has 1 atom stereocenters. The van der Waals surface area contributed by atoms with Crippen molar-refractivity contribution in [2.75, 3.05) is 0 Å². The maximum Gasteiger partial charge on any atom is 0.257 e. The summed E-state index contributed by atoms with van der Waals surface area (Å²) >= 11 is 7.76. The van der Waals surface area contributed by atoms with E-state index in [0.29, 0.717) is 0 Å². The van der Waals surface area contributed by atoms with E-state index >= 15 is 0 Å². The minimum Gasteiger partial charge on any atom is -0.392 e. The number of nitrogens with two attached hydrogens (primary N) is 1. The second-order valence-electron chi connectivity index (χ2n) is 4.34. The molecule has 1 rings (SSSR count). The number of nitrogens with one attached hydrogen (secondary N) is 1. The van der Waals surface area contributed by atoms with Gasteiger partial charge in [-0.2, -0.15) is 0 Å². The van der Waals surface area contributed by atoms with E-state index < -0.39 is 29.1 Å². The number of hydrogen-bond acceptors (Lipinski definition) is 2. The molecule has 0 aliphatic heterocycles. The number of carbonyl (C=O) groups is 1. The van der Waals surface area contributed by atoms with Gasteiger partial charge in [-0.1, -0.05) is 42.0 Å². The van der Waals surface area contributed by atoms with Crippen molar-refractivity contribution in [2.45, 2.75) is 19.9 Å². The number of benzene rings is 1. The molecule has 3 N–H and O–H groups in total. The Kier molecular flexibility index (Phi) is 5.37. The van der Waals surface area contributed by atoms with Crippen molar-refractivity contribution in [3.05, 3.63) is 33.8 Å². The molecular formula is C12H13BrF2N2OS. The molecule has 0 spiro atoms. The zero-order chi connectivity index (χ0) is 14.7. The fourth-order valence-corrected chi connectivity index (χ4v) is 2.27. The zero-order valence-electron chi connectivity index (χ0n) is 10.3. The van der Waals surface area contributed by atoms with Crippen LogP contribution in [0.2, 0.25) is 0 Å². The first-order chi connectivity index (χ1) is 8.73. The van der Waals surface area contributed by atoms with Gasteiger partial charge >= 0.3 is 0 Å². The fourth-order valence-electron chi connectivity index (χ4n) is 1.54. The van der Waals surface area contributed by atoms with Crippen LogP contribution in [0.1, 0.15) is 24.2 Å². The Bertz CT molecular complexity index is 499. The van der Waals surface area contributed by atoms with Crippen molar-refractivity contribution >= 4 is 39.0 Å². The number of rotatable bonds is 4. The quantitative estimate of drug-likeness (QED) is 0.821. The normalized spacial score (nSPS) is 12.3. The number of carbonyl (C=O) groups excluding carboxylic acids is 1. The standard InChI is InChI=1S/C12H13BrF2N2OS/c1-5(2)10(11(16)19)17-12(18)9-7(14)3-6(13)4-8(9)15/h3-5,10H,1-2H3,(H2,16,19)(H,17,18). The van der Waals surface area contributed by atoms with Crippen molar-refractivity contribution in [2.24, 2.45) is 11.7 Å². The minimum atomic E-state index is -0.949. The molecule has 0 saturated carbocycles. The van der Waals surface area contributed by atoms with Crippen LogP contribution in [0.15, 0.2) is 16.6 Å². The fraction of sp³-hybridized carbons (Fsp3) is 0.333. The SMILES string of the molecule is CC(C)C(NC(=O)c1c(F)cc(Br)cc1F)C(N)=S.